The van der Waals surface area contributed by atoms with Gasteiger partial charge in [0.15, 0.2) is 0 Å². The van der Waals surface area contributed by atoms with E-state index in [4.69, 9.17) is 5.73 Å². The molecule has 22 heavy (non-hydrogen) atoms. The summed E-state index contributed by atoms with van der Waals surface area (Å²) >= 11 is 0. The van der Waals surface area contributed by atoms with Gasteiger partial charge in [-0.05, 0) is 36.2 Å². The maximum absolute atomic E-state index is 12.8. The molecule has 0 unspecified atom stereocenters. The van der Waals surface area contributed by atoms with Crippen molar-refractivity contribution >= 4 is 0 Å². The van der Waals surface area contributed by atoms with Gasteiger partial charge in [0.1, 0.15) is 0 Å². The Bertz CT molecular complexity index is 851. The molecule has 0 aliphatic heterocycles. The SMILES string of the molecule is Cc1cccc(-n2c(-c3ccccc3)ccc(CN)c2=O)c1. The van der Waals surface area contributed by atoms with Gasteiger partial charge in [-0.2, -0.15) is 0 Å². The van der Waals surface area contributed by atoms with Gasteiger partial charge in [0.2, 0.25) is 0 Å². The van der Waals surface area contributed by atoms with Gasteiger partial charge in [-0.15, -0.1) is 0 Å². The average molecular weight is 290 g/mol. The largest absolute Gasteiger partial charge is 0.326 e. The number of benzene rings is 2. The summed E-state index contributed by atoms with van der Waals surface area (Å²) in [5.41, 5.74) is 10.1. The molecule has 0 saturated carbocycles. The van der Waals surface area contributed by atoms with Gasteiger partial charge in [0, 0.05) is 17.8 Å². The van der Waals surface area contributed by atoms with Crippen molar-refractivity contribution in [3.05, 3.63) is 88.2 Å². The van der Waals surface area contributed by atoms with Crippen LogP contribution in [0.5, 0.6) is 0 Å². The molecule has 0 aliphatic carbocycles. The molecule has 0 bridgehead atoms. The highest BCUT2D eigenvalue weighted by Crippen LogP contribution is 2.22. The first-order chi connectivity index (χ1) is 10.7. The van der Waals surface area contributed by atoms with Crippen molar-refractivity contribution in [2.24, 2.45) is 5.73 Å². The number of hydrogen-bond acceptors (Lipinski definition) is 2. The summed E-state index contributed by atoms with van der Waals surface area (Å²) in [4.78, 5) is 12.8. The first-order valence-corrected chi connectivity index (χ1v) is 7.28. The molecule has 0 spiro atoms. The zero-order valence-electron chi connectivity index (χ0n) is 12.5. The second-order valence-electron chi connectivity index (χ2n) is 5.29. The second kappa shape index (κ2) is 6.00. The number of nitrogens with zero attached hydrogens (tertiary/aromatic N) is 1. The summed E-state index contributed by atoms with van der Waals surface area (Å²) in [5.74, 6) is 0. The van der Waals surface area contributed by atoms with Gasteiger partial charge >= 0.3 is 0 Å². The number of aryl methyl sites for hydroxylation is 1. The quantitative estimate of drug-likeness (QED) is 0.804. The number of nitrogens with two attached hydrogens (primary N) is 1. The van der Waals surface area contributed by atoms with Crippen LogP contribution < -0.4 is 11.3 Å². The van der Waals surface area contributed by atoms with Crippen LogP contribution in [0.2, 0.25) is 0 Å². The molecule has 0 amide bonds. The van der Waals surface area contributed by atoms with Crippen molar-refractivity contribution in [1.82, 2.24) is 4.57 Å². The summed E-state index contributed by atoms with van der Waals surface area (Å²) in [5, 5.41) is 0. The highest BCUT2D eigenvalue weighted by molar-refractivity contribution is 5.62. The number of hydrogen-bond donors (Lipinski definition) is 1. The van der Waals surface area contributed by atoms with Crippen LogP contribution in [0.1, 0.15) is 11.1 Å². The summed E-state index contributed by atoms with van der Waals surface area (Å²) in [6, 6.07) is 21.6. The van der Waals surface area contributed by atoms with E-state index in [1.807, 2.05) is 73.7 Å². The molecule has 2 aromatic carbocycles. The van der Waals surface area contributed by atoms with E-state index in [1.165, 1.54) is 0 Å². The molecule has 3 aromatic rings. The third-order valence-electron chi connectivity index (χ3n) is 3.71. The Balaban J connectivity index is 2.32. The number of rotatable bonds is 3. The number of pyridine rings is 1. The molecule has 0 radical (unpaired) electrons. The zero-order chi connectivity index (χ0) is 15.5. The van der Waals surface area contributed by atoms with Gasteiger partial charge in [0.05, 0.1) is 5.69 Å². The monoisotopic (exact) mass is 290 g/mol. The standard InChI is InChI=1S/C19H18N2O/c1-14-6-5-9-17(12-14)21-18(15-7-3-2-4-8-15)11-10-16(13-20)19(21)22/h2-12H,13,20H2,1H3. The Kier molecular flexibility index (Phi) is 3.90. The topological polar surface area (TPSA) is 48.0 Å². The van der Waals surface area contributed by atoms with Gasteiger partial charge in [-0.3, -0.25) is 9.36 Å². The molecule has 0 saturated heterocycles. The summed E-state index contributed by atoms with van der Waals surface area (Å²) in [6.45, 7) is 2.25. The van der Waals surface area contributed by atoms with E-state index in [0.717, 1.165) is 22.5 Å². The van der Waals surface area contributed by atoms with Crippen LogP contribution in [0, 0.1) is 6.92 Å². The fraction of sp³-hybridized carbons (Fsp3) is 0.105. The minimum atomic E-state index is -0.0607. The van der Waals surface area contributed by atoms with Crippen LogP contribution in [-0.2, 0) is 6.54 Å². The zero-order valence-corrected chi connectivity index (χ0v) is 12.5. The minimum Gasteiger partial charge on any atom is -0.326 e. The van der Waals surface area contributed by atoms with Crippen molar-refractivity contribution in [3.63, 3.8) is 0 Å². The normalized spacial score (nSPS) is 10.6. The average Bonchev–Trinajstić information content (AvgIpc) is 2.55. The van der Waals surface area contributed by atoms with Crippen LogP contribution in [0.3, 0.4) is 0 Å². The van der Waals surface area contributed by atoms with E-state index in [-0.39, 0.29) is 12.1 Å². The molecular weight excluding hydrogens is 272 g/mol. The van der Waals surface area contributed by atoms with Crippen LogP contribution >= 0.6 is 0 Å². The first-order valence-electron chi connectivity index (χ1n) is 7.28. The van der Waals surface area contributed by atoms with Crippen molar-refractivity contribution in [2.75, 3.05) is 0 Å². The molecule has 3 heteroatoms. The van der Waals surface area contributed by atoms with Crippen LogP contribution in [-0.4, -0.2) is 4.57 Å². The van der Waals surface area contributed by atoms with E-state index in [1.54, 1.807) is 4.57 Å². The van der Waals surface area contributed by atoms with Crippen LogP contribution in [0.15, 0.2) is 71.5 Å². The highest BCUT2D eigenvalue weighted by Gasteiger charge is 2.11. The molecule has 1 aromatic heterocycles. The summed E-state index contributed by atoms with van der Waals surface area (Å²) in [6.07, 6.45) is 0. The molecule has 0 fully saturated rings. The van der Waals surface area contributed by atoms with Crippen molar-refractivity contribution in [2.45, 2.75) is 13.5 Å². The van der Waals surface area contributed by atoms with E-state index >= 15 is 0 Å². The highest BCUT2D eigenvalue weighted by atomic mass is 16.1. The Morgan fingerprint density at radius 1 is 0.955 bits per heavy atom. The van der Waals surface area contributed by atoms with E-state index in [0.29, 0.717) is 5.56 Å². The van der Waals surface area contributed by atoms with Gasteiger partial charge in [-0.1, -0.05) is 48.5 Å². The Morgan fingerprint density at radius 2 is 1.73 bits per heavy atom. The lowest BCUT2D eigenvalue weighted by Gasteiger charge is -2.15. The lowest BCUT2D eigenvalue weighted by molar-refractivity contribution is 0.931. The first kappa shape index (κ1) is 14.3. The molecule has 3 nitrogen and oxygen atoms in total. The third kappa shape index (κ3) is 2.59. The second-order valence-corrected chi connectivity index (χ2v) is 5.29. The van der Waals surface area contributed by atoms with Gasteiger partial charge in [-0.25, -0.2) is 0 Å². The Hall–Kier alpha value is -2.65. The predicted octanol–water partition coefficient (Wildman–Crippen LogP) is 3.27. The summed E-state index contributed by atoms with van der Waals surface area (Å²) in [7, 11) is 0. The minimum absolute atomic E-state index is 0.0607. The van der Waals surface area contributed by atoms with Crippen molar-refractivity contribution in [3.8, 4) is 16.9 Å². The molecule has 110 valence electrons. The Morgan fingerprint density at radius 3 is 2.41 bits per heavy atom. The summed E-state index contributed by atoms with van der Waals surface area (Å²) < 4.78 is 1.74. The van der Waals surface area contributed by atoms with Crippen molar-refractivity contribution in [1.29, 1.82) is 0 Å². The van der Waals surface area contributed by atoms with E-state index in [2.05, 4.69) is 0 Å². The fourth-order valence-corrected chi connectivity index (χ4v) is 2.59. The molecule has 3 rings (SSSR count). The van der Waals surface area contributed by atoms with Gasteiger partial charge in [0.25, 0.3) is 5.56 Å². The molecule has 2 N–H and O–H groups in total. The molecule has 0 atom stereocenters. The Labute approximate surface area is 129 Å². The predicted molar refractivity (Wildman–Crippen MR) is 90.1 cm³/mol. The van der Waals surface area contributed by atoms with Crippen LogP contribution in [0.25, 0.3) is 16.9 Å². The lowest BCUT2D eigenvalue weighted by atomic mass is 10.1. The molecule has 0 aliphatic rings. The van der Waals surface area contributed by atoms with E-state index < -0.39 is 0 Å². The van der Waals surface area contributed by atoms with Crippen LogP contribution in [0.4, 0.5) is 0 Å². The lowest BCUT2D eigenvalue weighted by Crippen LogP contribution is -2.25. The van der Waals surface area contributed by atoms with Crippen molar-refractivity contribution < 1.29 is 0 Å². The van der Waals surface area contributed by atoms with E-state index in [9.17, 15) is 4.79 Å². The third-order valence-corrected chi connectivity index (χ3v) is 3.71. The maximum atomic E-state index is 12.8. The number of aromatic nitrogens is 1. The molecular formula is C19H18N2O. The smallest absolute Gasteiger partial charge is 0.260 e. The van der Waals surface area contributed by atoms with Gasteiger partial charge < -0.3 is 5.73 Å². The fourth-order valence-electron chi connectivity index (χ4n) is 2.59. The maximum Gasteiger partial charge on any atom is 0.260 e. The molecule has 1 heterocycles.